The van der Waals surface area contributed by atoms with Crippen molar-refractivity contribution in [3.63, 3.8) is 0 Å². The van der Waals surface area contributed by atoms with E-state index in [4.69, 9.17) is 0 Å². The number of aliphatic hydroxyl groups is 2. The fraction of sp³-hybridized carbons (Fsp3) is 0.938. The molecule has 4 N–H and O–H groups in total. The van der Waals surface area contributed by atoms with Crippen molar-refractivity contribution in [2.24, 2.45) is 29.6 Å². The summed E-state index contributed by atoms with van der Waals surface area (Å²) in [5.74, 6) is -1.00. The van der Waals surface area contributed by atoms with Crippen LogP contribution in [0.1, 0.15) is 104 Å². The predicted octanol–water partition coefficient (Wildman–Crippen LogP) is 3.52. The molecule has 5 atom stereocenters. The van der Waals surface area contributed by atoms with Crippen LogP contribution in [-0.4, -0.2) is 92.3 Å². The van der Waals surface area contributed by atoms with E-state index >= 15 is 0 Å². The van der Waals surface area contributed by atoms with Crippen LogP contribution in [0.15, 0.2) is 0 Å². The van der Waals surface area contributed by atoms with Gasteiger partial charge < -0.3 is 25.7 Å². The van der Waals surface area contributed by atoms with Gasteiger partial charge in [0.2, 0.25) is 11.8 Å². The predicted molar refractivity (Wildman–Crippen MR) is 169 cm³/mol. The zero-order valence-corrected chi connectivity index (χ0v) is 27.8. The third-order valence-electron chi connectivity index (χ3n) is 9.21. The lowest BCUT2D eigenvalue weighted by atomic mass is 9.82. The Morgan fingerprint density at radius 1 is 0.857 bits per heavy atom. The minimum Gasteiger partial charge on any atom is -0.390 e. The number of hydrogen-bond donors (Lipinski definition) is 4. The molecule has 10 heteroatoms. The van der Waals surface area contributed by atoms with Crippen LogP contribution in [0.25, 0.3) is 0 Å². The second-order valence-corrected chi connectivity index (χ2v) is 16.3. The quantitative estimate of drug-likeness (QED) is 0.185. The van der Waals surface area contributed by atoms with Gasteiger partial charge in [-0.05, 0) is 51.1 Å². The average molecular weight is 616 g/mol. The van der Waals surface area contributed by atoms with Crippen molar-refractivity contribution < 1.29 is 28.2 Å². The van der Waals surface area contributed by atoms with Gasteiger partial charge in [0.1, 0.15) is 6.10 Å². The number of hydrogen-bond acceptors (Lipinski definition) is 7. The van der Waals surface area contributed by atoms with Crippen LogP contribution in [0, 0.1) is 29.6 Å². The third kappa shape index (κ3) is 14.0. The van der Waals surface area contributed by atoms with Gasteiger partial charge in [-0.3, -0.25) is 9.59 Å². The fourth-order valence-corrected chi connectivity index (χ4v) is 8.27. The molecule has 0 bridgehead atoms. The molecule has 2 fully saturated rings. The van der Waals surface area contributed by atoms with Gasteiger partial charge in [0.05, 0.1) is 35.5 Å². The van der Waals surface area contributed by atoms with E-state index in [2.05, 4.69) is 10.6 Å². The number of amides is 2. The second kappa shape index (κ2) is 18.5. The van der Waals surface area contributed by atoms with Crippen molar-refractivity contribution in [1.29, 1.82) is 0 Å². The lowest BCUT2D eigenvalue weighted by molar-refractivity contribution is -0.128. The Morgan fingerprint density at radius 2 is 1.40 bits per heavy atom. The molecular formula is C32H61N3O6S. The molecule has 0 saturated heterocycles. The topological polar surface area (TPSA) is 136 Å². The zero-order valence-electron chi connectivity index (χ0n) is 27.0. The molecule has 2 aliphatic rings. The van der Waals surface area contributed by atoms with Crippen molar-refractivity contribution in [3.8, 4) is 0 Å². The van der Waals surface area contributed by atoms with Crippen LogP contribution < -0.4 is 10.6 Å². The molecule has 0 aromatic rings. The molecule has 0 aromatic heterocycles. The largest absolute Gasteiger partial charge is 0.390 e. The van der Waals surface area contributed by atoms with Crippen molar-refractivity contribution in [2.45, 2.75) is 122 Å². The molecule has 0 aromatic carbocycles. The SMILES string of the molecule is CC(C)CC(O)C(O)C(CC1CCCCC1)NC(=O)C(C)CNC(=O)C(CC1CCCCC1)CS(=O)(=O)CCN(C)C. The average Bonchev–Trinajstić information content (AvgIpc) is 2.94. The van der Waals surface area contributed by atoms with Crippen LogP contribution in [0.5, 0.6) is 0 Å². The normalized spacial score (nSPS) is 21.1. The van der Waals surface area contributed by atoms with Crippen molar-refractivity contribution in [2.75, 3.05) is 38.7 Å². The summed E-state index contributed by atoms with van der Waals surface area (Å²) in [4.78, 5) is 28.4. The summed E-state index contributed by atoms with van der Waals surface area (Å²) in [5.41, 5.74) is 0. The van der Waals surface area contributed by atoms with Gasteiger partial charge in [0, 0.05) is 13.1 Å². The minimum atomic E-state index is -3.42. The first-order valence-corrected chi connectivity index (χ1v) is 18.4. The first-order chi connectivity index (χ1) is 19.8. The lowest BCUT2D eigenvalue weighted by Crippen LogP contribution is -2.52. The minimum absolute atomic E-state index is 0.0145. The van der Waals surface area contributed by atoms with Crippen LogP contribution in [0.2, 0.25) is 0 Å². The van der Waals surface area contributed by atoms with Gasteiger partial charge in [0.15, 0.2) is 9.84 Å². The Balaban J connectivity index is 2.02. The molecule has 246 valence electrons. The van der Waals surface area contributed by atoms with E-state index in [0.29, 0.717) is 37.6 Å². The monoisotopic (exact) mass is 615 g/mol. The molecule has 5 unspecified atom stereocenters. The smallest absolute Gasteiger partial charge is 0.224 e. The number of carbonyl (C=O) groups is 2. The first kappa shape index (κ1) is 37.0. The van der Waals surface area contributed by atoms with Crippen LogP contribution >= 0.6 is 0 Å². The third-order valence-corrected chi connectivity index (χ3v) is 10.9. The summed E-state index contributed by atoms with van der Waals surface area (Å²) < 4.78 is 25.8. The Morgan fingerprint density at radius 3 is 1.93 bits per heavy atom. The molecule has 2 amide bonds. The fourth-order valence-electron chi connectivity index (χ4n) is 6.56. The van der Waals surface area contributed by atoms with E-state index in [1.807, 2.05) is 32.8 Å². The van der Waals surface area contributed by atoms with Gasteiger partial charge in [0.25, 0.3) is 0 Å². The van der Waals surface area contributed by atoms with E-state index in [-0.39, 0.29) is 35.8 Å². The van der Waals surface area contributed by atoms with Crippen molar-refractivity contribution in [3.05, 3.63) is 0 Å². The number of rotatable bonds is 18. The molecule has 2 saturated carbocycles. The molecule has 2 aliphatic carbocycles. The van der Waals surface area contributed by atoms with Gasteiger partial charge in [-0.2, -0.15) is 0 Å². The molecular weight excluding hydrogens is 554 g/mol. The van der Waals surface area contributed by atoms with Crippen molar-refractivity contribution in [1.82, 2.24) is 15.5 Å². The van der Waals surface area contributed by atoms with E-state index in [1.54, 1.807) is 6.92 Å². The van der Waals surface area contributed by atoms with Gasteiger partial charge in [-0.25, -0.2) is 8.42 Å². The van der Waals surface area contributed by atoms with E-state index in [9.17, 15) is 28.2 Å². The van der Waals surface area contributed by atoms with Crippen LogP contribution in [-0.2, 0) is 19.4 Å². The lowest BCUT2D eigenvalue weighted by Gasteiger charge is -2.33. The highest BCUT2D eigenvalue weighted by molar-refractivity contribution is 7.91. The van der Waals surface area contributed by atoms with Crippen molar-refractivity contribution >= 4 is 21.7 Å². The molecule has 0 spiro atoms. The summed E-state index contributed by atoms with van der Waals surface area (Å²) in [6.45, 7) is 6.21. The van der Waals surface area contributed by atoms with Crippen LogP contribution in [0.4, 0.5) is 0 Å². The van der Waals surface area contributed by atoms with E-state index in [0.717, 1.165) is 51.4 Å². The van der Waals surface area contributed by atoms with Gasteiger partial charge in [-0.15, -0.1) is 0 Å². The first-order valence-electron chi connectivity index (χ1n) is 16.6. The molecule has 42 heavy (non-hydrogen) atoms. The molecule has 0 heterocycles. The Kier molecular flexibility index (Phi) is 16.3. The number of nitrogens with zero attached hydrogens (tertiary/aromatic N) is 1. The van der Waals surface area contributed by atoms with Gasteiger partial charge >= 0.3 is 0 Å². The molecule has 9 nitrogen and oxygen atoms in total. The maximum absolute atomic E-state index is 13.4. The summed E-state index contributed by atoms with van der Waals surface area (Å²) in [6.07, 6.45) is 10.7. The number of sulfone groups is 1. The number of carbonyl (C=O) groups excluding carboxylic acids is 2. The molecule has 0 aliphatic heterocycles. The Hall–Kier alpha value is -1.23. The Bertz CT molecular complexity index is 900. The molecule has 2 rings (SSSR count). The summed E-state index contributed by atoms with van der Waals surface area (Å²) in [7, 11) is 0.246. The zero-order chi connectivity index (χ0) is 31.3. The van der Waals surface area contributed by atoms with E-state index < -0.39 is 39.9 Å². The summed E-state index contributed by atoms with van der Waals surface area (Å²) in [6, 6.07) is -0.562. The van der Waals surface area contributed by atoms with Crippen LogP contribution in [0.3, 0.4) is 0 Å². The standard InChI is InChI=1S/C32H61N3O6S/c1-23(2)18-29(36)30(37)28(20-26-14-10-7-11-15-26)34-31(38)24(3)21-33-32(39)27(19-25-12-8-6-9-13-25)22-42(40,41)17-16-35(4)5/h23-30,36-37H,6-22H2,1-5H3,(H,33,39)(H,34,38). The van der Waals surface area contributed by atoms with Gasteiger partial charge in [-0.1, -0.05) is 85.0 Å². The number of nitrogens with one attached hydrogen (secondary N) is 2. The summed E-state index contributed by atoms with van der Waals surface area (Å²) in [5, 5.41) is 27.6. The highest BCUT2D eigenvalue weighted by atomic mass is 32.2. The Labute approximate surface area is 255 Å². The number of aliphatic hydroxyl groups excluding tert-OH is 2. The van der Waals surface area contributed by atoms with E-state index in [1.165, 1.54) is 12.8 Å². The summed E-state index contributed by atoms with van der Waals surface area (Å²) >= 11 is 0. The molecule has 0 radical (unpaired) electrons. The highest BCUT2D eigenvalue weighted by Gasteiger charge is 2.33. The second-order valence-electron chi connectivity index (χ2n) is 14.0. The highest BCUT2D eigenvalue weighted by Crippen LogP contribution is 2.31. The maximum atomic E-state index is 13.4. The maximum Gasteiger partial charge on any atom is 0.224 e.